The standard InChI is InChI=1S/C13H17F/c1-9-6-12(7-11-4-3-5-11)8-13(14)10(9)2/h6,8,11H,3-5,7H2,1-2H3. The van der Waals surface area contributed by atoms with E-state index in [-0.39, 0.29) is 5.82 Å². The largest absolute Gasteiger partial charge is 0.207 e. The summed E-state index contributed by atoms with van der Waals surface area (Å²) in [5, 5.41) is 0. The van der Waals surface area contributed by atoms with E-state index in [0.29, 0.717) is 0 Å². The number of aryl methyl sites for hydroxylation is 1. The molecule has 0 atom stereocenters. The van der Waals surface area contributed by atoms with E-state index in [1.165, 1.54) is 24.8 Å². The second-order valence-corrected chi connectivity index (χ2v) is 4.52. The fraction of sp³-hybridized carbons (Fsp3) is 0.538. The average Bonchev–Trinajstić information content (AvgIpc) is 2.07. The molecule has 0 aromatic heterocycles. The lowest BCUT2D eigenvalue weighted by Crippen LogP contribution is -2.14. The molecule has 0 bridgehead atoms. The topological polar surface area (TPSA) is 0 Å². The summed E-state index contributed by atoms with van der Waals surface area (Å²) in [4.78, 5) is 0. The van der Waals surface area contributed by atoms with Crippen molar-refractivity contribution in [2.45, 2.75) is 39.5 Å². The molecule has 0 heterocycles. The van der Waals surface area contributed by atoms with Crippen LogP contribution in [0, 0.1) is 25.6 Å². The first kappa shape index (κ1) is 9.70. The van der Waals surface area contributed by atoms with Gasteiger partial charge in [0.25, 0.3) is 0 Å². The zero-order valence-electron chi connectivity index (χ0n) is 8.94. The summed E-state index contributed by atoms with van der Waals surface area (Å²) in [5.74, 6) is 0.774. The Balaban J connectivity index is 2.17. The fourth-order valence-electron chi connectivity index (χ4n) is 2.04. The van der Waals surface area contributed by atoms with Crippen LogP contribution >= 0.6 is 0 Å². The van der Waals surface area contributed by atoms with Crippen molar-refractivity contribution in [3.05, 3.63) is 34.6 Å². The van der Waals surface area contributed by atoms with Crippen LogP contribution < -0.4 is 0 Å². The first-order valence-electron chi connectivity index (χ1n) is 5.42. The third-order valence-corrected chi connectivity index (χ3v) is 3.41. The molecule has 1 aromatic carbocycles. The maximum Gasteiger partial charge on any atom is 0.126 e. The van der Waals surface area contributed by atoms with E-state index < -0.39 is 0 Å². The third kappa shape index (κ3) is 1.82. The summed E-state index contributed by atoms with van der Waals surface area (Å²) in [7, 11) is 0. The van der Waals surface area contributed by atoms with Crippen molar-refractivity contribution >= 4 is 0 Å². The van der Waals surface area contributed by atoms with Gasteiger partial charge in [0.1, 0.15) is 5.82 Å². The van der Waals surface area contributed by atoms with Crippen LogP contribution in [0.4, 0.5) is 4.39 Å². The SMILES string of the molecule is Cc1cc(CC2CCC2)cc(F)c1C. The Labute approximate surface area is 85.1 Å². The average molecular weight is 192 g/mol. The molecule has 2 rings (SSSR count). The minimum Gasteiger partial charge on any atom is -0.207 e. The fourth-order valence-corrected chi connectivity index (χ4v) is 2.04. The number of benzene rings is 1. The van der Waals surface area contributed by atoms with E-state index in [9.17, 15) is 4.39 Å². The van der Waals surface area contributed by atoms with Crippen LogP contribution in [-0.2, 0) is 6.42 Å². The molecule has 1 aromatic rings. The second kappa shape index (κ2) is 3.72. The lowest BCUT2D eigenvalue weighted by Gasteiger charge is -2.25. The number of rotatable bonds is 2. The highest BCUT2D eigenvalue weighted by Crippen LogP contribution is 2.30. The van der Waals surface area contributed by atoms with Crippen molar-refractivity contribution < 1.29 is 4.39 Å². The van der Waals surface area contributed by atoms with Crippen LogP contribution in [0.3, 0.4) is 0 Å². The molecule has 0 aliphatic heterocycles. The maximum absolute atomic E-state index is 13.4. The molecule has 1 fully saturated rings. The Morgan fingerprint density at radius 3 is 2.50 bits per heavy atom. The van der Waals surface area contributed by atoms with Crippen LogP contribution in [0.15, 0.2) is 12.1 Å². The van der Waals surface area contributed by atoms with Gasteiger partial charge in [-0.3, -0.25) is 0 Å². The van der Waals surface area contributed by atoms with Gasteiger partial charge in [-0.15, -0.1) is 0 Å². The van der Waals surface area contributed by atoms with Gasteiger partial charge in [-0.1, -0.05) is 25.3 Å². The van der Waals surface area contributed by atoms with Gasteiger partial charge in [0.15, 0.2) is 0 Å². The molecule has 0 saturated heterocycles. The van der Waals surface area contributed by atoms with Crippen molar-refractivity contribution in [1.29, 1.82) is 0 Å². The number of halogens is 1. The molecule has 0 N–H and O–H groups in total. The lowest BCUT2D eigenvalue weighted by atomic mass is 9.80. The molecule has 1 aliphatic carbocycles. The predicted molar refractivity (Wildman–Crippen MR) is 56.9 cm³/mol. The first-order valence-corrected chi connectivity index (χ1v) is 5.42. The third-order valence-electron chi connectivity index (χ3n) is 3.41. The van der Waals surface area contributed by atoms with E-state index in [1.54, 1.807) is 6.07 Å². The Kier molecular flexibility index (Phi) is 2.58. The van der Waals surface area contributed by atoms with Gasteiger partial charge in [-0.25, -0.2) is 4.39 Å². The highest BCUT2D eigenvalue weighted by atomic mass is 19.1. The normalized spacial score (nSPS) is 16.8. The molecule has 1 heteroatoms. The highest BCUT2D eigenvalue weighted by Gasteiger charge is 2.18. The van der Waals surface area contributed by atoms with Crippen LogP contribution in [0.2, 0.25) is 0 Å². The van der Waals surface area contributed by atoms with Gasteiger partial charge in [0, 0.05) is 0 Å². The minimum absolute atomic E-state index is 0.0423. The molecule has 0 amide bonds. The van der Waals surface area contributed by atoms with E-state index >= 15 is 0 Å². The van der Waals surface area contributed by atoms with E-state index in [4.69, 9.17) is 0 Å². The molecule has 0 spiro atoms. The molecule has 0 unspecified atom stereocenters. The molecule has 14 heavy (non-hydrogen) atoms. The quantitative estimate of drug-likeness (QED) is 0.669. The lowest BCUT2D eigenvalue weighted by molar-refractivity contribution is 0.314. The Bertz CT molecular complexity index is 314. The maximum atomic E-state index is 13.4. The summed E-state index contributed by atoms with van der Waals surface area (Å²) in [6.07, 6.45) is 5.08. The zero-order chi connectivity index (χ0) is 10.1. The summed E-state index contributed by atoms with van der Waals surface area (Å²) in [6, 6.07) is 3.84. The molecule has 1 saturated carbocycles. The van der Waals surface area contributed by atoms with E-state index in [2.05, 4.69) is 6.07 Å². The van der Waals surface area contributed by atoms with Gasteiger partial charge < -0.3 is 0 Å². The molecule has 1 aliphatic rings. The summed E-state index contributed by atoms with van der Waals surface area (Å²) >= 11 is 0. The first-order chi connectivity index (χ1) is 6.66. The summed E-state index contributed by atoms with van der Waals surface area (Å²) in [5.41, 5.74) is 3.05. The molecular formula is C13H17F. The molecule has 0 nitrogen and oxygen atoms in total. The Morgan fingerprint density at radius 2 is 2.00 bits per heavy atom. The minimum atomic E-state index is -0.0423. The van der Waals surface area contributed by atoms with E-state index in [1.807, 2.05) is 13.8 Å². The second-order valence-electron chi connectivity index (χ2n) is 4.52. The molecule has 76 valence electrons. The Morgan fingerprint density at radius 1 is 1.29 bits per heavy atom. The van der Waals surface area contributed by atoms with Crippen molar-refractivity contribution in [2.24, 2.45) is 5.92 Å². The molecule has 0 radical (unpaired) electrons. The smallest absolute Gasteiger partial charge is 0.126 e. The molecular weight excluding hydrogens is 175 g/mol. The summed E-state index contributed by atoms with van der Waals surface area (Å²) in [6.45, 7) is 3.83. The summed E-state index contributed by atoms with van der Waals surface area (Å²) < 4.78 is 13.4. The van der Waals surface area contributed by atoms with Crippen LogP contribution in [-0.4, -0.2) is 0 Å². The van der Waals surface area contributed by atoms with Gasteiger partial charge in [0.2, 0.25) is 0 Å². The van der Waals surface area contributed by atoms with Gasteiger partial charge in [-0.05, 0) is 48.9 Å². The van der Waals surface area contributed by atoms with Crippen LogP contribution in [0.25, 0.3) is 0 Å². The Hall–Kier alpha value is -0.850. The van der Waals surface area contributed by atoms with Crippen LogP contribution in [0.1, 0.15) is 36.0 Å². The van der Waals surface area contributed by atoms with Gasteiger partial charge in [-0.2, -0.15) is 0 Å². The predicted octanol–water partition coefficient (Wildman–Crippen LogP) is 3.79. The van der Waals surface area contributed by atoms with Crippen molar-refractivity contribution in [2.75, 3.05) is 0 Å². The van der Waals surface area contributed by atoms with Gasteiger partial charge >= 0.3 is 0 Å². The highest BCUT2D eigenvalue weighted by molar-refractivity contribution is 5.31. The van der Waals surface area contributed by atoms with Gasteiger partial charge in [0.05, 0.1) is 0 Å². The number of hydrogen-bond acceptors (Lipinski definition) is 0. The van der Waals surface area contributed by atoms with Crippen molar-refractivity contribution in [1.82, 2.24) is 0 Å². The van der Waals surface area contributed by atoms with E-state index in [0.717, 1.165) is 23.5 Å². The van der Waals surface area contributed by atoms with Crippen LogP contribution in [0.5, 0.6) is 0 Å². The van der Waals surface area contributed by atoms with Crippen molar-refractivity contribution in [3.63, 3.8) is 0 Å². The number of hydrogen-bond donors (Lipinski definition) is 0. The van der Waals surface area contributed by atoms with Crippen molar-refractivity contribution in [3.8, 4) is 0 Å². The zero-order valence-corrected chi connectivity index (χ0v) is 8.94. The monoisotopic (exact) mass is 192 g/mol.